The molecular weight excluding hydrogens is 354 g/mol. The van der Waals surface area contributed by atoms with Crippen molar-refractivity contribution in [1.29, 1.82) is 0 Å². The van der Waals surface area contributed by atoms with E-state index in [9.17, 15) is 4.79 Å². The van der Waals surface area contributed by atoms with E-state index >= 15 is 0 Å². The first-order valence-electron chi connectivity index (χ1n) is 9.83. The fourth-order valence-electron chi connectivity index (χ4n) is 3.22. The Bertz CT molecular complexity index is 739. The van der Waals surface area contributed by atoms with E-state index in [2.05, 4.69) is 41.4 Å². The Morgan fingerprint density at radius 3 is 2.21 bits per heavy atom. The summed E-state index contributed by atoms with van der Waals surface area (Å²) in [5.41, 5.74) is 2.57. The molecule has 3 rings (SSSR count). The molecule has 0 unspecified atom stereocenters. The van der Waals surface area contributed by atoms with Crippen molar-refractivity contribution in [3.63, 3.8) is 0 Å². The van der Waals surface area contributed by atoms with Gasteiger partial charge >= 0.3 is 6.03 Å². The molecule has 28 heavy (non-hydrogen) atoms. The minimum atomic E-state index is -0.0284. The van der Waals surface area contributed by atoms with Crippen molar-refractivity contribution < 1.29 is 14.3 Å². The van der Waals surface area contributed by atoms with Crippen molar-refractivity contribution in [3.8, 4) is 11.5 Å². The van der Waals surface area contributed by atoms with E-state index in [0.717, 1.165) is 44.1 Å². The fourth-order valence-corrected chi connectivity index (χ4v) is 3.22. The third kappa shape index (κ3) is 5.31. The van der Waals surface area contributed by atoms with Gasteiger partial charge in [-0.25, -0.2) is 4.79 Å². The molecule has 1 heterocycles. The first-order valence-corrected chi connectivity index (χ1v) is 9.83. The highest BCUT2D eigenvalue weighted by Gasteiger charge is 2.20. The number of amides is 2. The van der Waals surface area contributed by atoms with Crippen LogP contribution >= 0.6 is 0 Å². The molecule has 1 fully saturated rings. The van der Waals surface area contributed by atoms with Gasteiger partial charge in [0.1, 0.15) is 18.1 Å². The molecule has 2 amide bonds. The normalized spacial score (nSPS) is 13.9. The lowest BCUT2D eigenvalue weighted by Crippen LogP contribution is -2.52. The number of aryl methyl sites for hydroxylation is 1. The number of ether oxygens (including phenoxy) is 2. The van der Waals surface area contributed by atoms with Gasteiger partial charge in [0, 0.05) is 31.9 Å². The van der Waals surface area contributed by atoms with E-state index in [1.807, 2.05) is 29.2 Å². The van der Waals surface area contributed by atoms with Crippen LogP contribution in [0, 0.1) is 0 Å². The Morgan fingerprint density at radius 2 is 1.61 bits per heavy atom. The second-order valence-electron chi connectivity index (χ2n) is 6.75. The molecule has 0 bridgehead atoms. The van der Waals surface area contributed by atoms with Gasteiger partial charge in [-0.15, -0.1) is 0 Å². The van der Waals surface area contributed by atoms with Gasteiger partial charge in [-0.2, -0.15) is 0 Å². The van der Waals surface area contributed by atoms with Crippen LogP contribution in [0.5, 0.6) is 11.5 Å². The van der Waals surface area contributed by atoms with Crippen LogP contribution < -0.4 is 19.7 Å². The van der Waals surface area contributed by atoms with Gasteiger partial charge in [0.2, 0.25) is 0 Å². The van der Waals surface area contributed by atoms with Gasteiger partial charge in [-0.3, -0.25) is 0 Å². The predicted molar refractivity (Wildman–Crippen MR) is 111 cm³/mol. The van der Waals surface area contributed by atoms with Crippen molar-refractivity contribution >= 4 is 11.7 Å². The molecule has 0 atom stereocenters. The number of carbonyl (C=O) groups excluding carboxylic acids is 1. The number of carbonyl (C=O) groups is 1. The Hall–Kier alpha value is -2.89. The highest BCUT2D eigenvalue weighted by atomic mass is 16.5. The molecule has 0 radical (unpaired) electrons. The second-order valence-corrected chi connectivity index (χ2v) is 6.75. The van der Waals surface area contributed by atoms with Gasteiger partial charge in [0.05, 0.1) is 13.7 Å². The molecule has 0 aromatic heterocycles. The van der Waals surface area contributed by atoms with Gasteiger partial charge in [-0.05, 0) is 48.4 Å². The highest BCUT2D eigenvalue weighted by molar-refractivity contribution is 5.74. The fraction of sp³-hybridized carbons (Fsp3) is 0.409. The molecule has 1 saturated heterocycles. The number of urea groups is 1. The first-order chi connectivity index (χ1) is 13.7. The van der Waals surface area contributed by atoms with Crippen LogP contribution in [0.3, 0.4) is 0 Å². The van der Waals surface area contributed by atoms with E-state index in [0.29, 0.717) is 13.2 Å². The summed E-state index contributed by atoms with van der Waals surface area (Å²) in [7, 11) is 1.63. The molecular formula is C22H29N3O3. The quantitative estimate of drug-likeness (QED) is 0.746. The third-order valence-corrected chi connectivity index (χ3v) is 4.98. The number of anilines is 1. The Balaban J connectivity index is 1.36. The molecule has 6 nitrogen and oxygen atoms in total. The molecule has 6 heteroatoms. The van der Waals surface area contributed by atoms with Crippen molar-refractivity contribution in [2.75, 3.05) is 51.3 Å². The number of piperazine rings is 1. The summed E-state index contributed by atoms with van der Waals surface area (Å²) in [6, 6.07) is 16.1. The maximum absolute atomic E-state index is 12.3. The minimum Gasteiger partial charge on any atom is -0.497 e. The zero-order valence-corrected chi connectivity index (χ0v) is 16.7. The van der Waals surface area contributed by atoms with Crippen molar-refractivity contribution in [1.82, 2.24) is 10.2 Å². The van der Waals surface area contributed by atoms with E-state index in [1.54, 1.807) is 7.11 Å². The molecule has 1 aliphatic rings. The topological polar surface area (TPSA) is 54.0 Å². The summed E-state index contributed by atoms with van der Waals surface area (Å²) >= 11 is 0. The van der Waals surface area contributed by atoms with Crippen LogP contribution in [-0.4, -0.2) is 57.4 Å². The maximum atomic E-state index is 12.3. The summed E-state index contributed by atoms with van der Waals surface area (Å²) < 4.78 is 10.8. The summed E-state index contributed by atoms with van der Waals surface area (Å²) in [5, 5.41) is 2.93. The zero-order chi connectivity index (χ0) is 19.8. The molecule has 1 N–H and O–H groups in total. The van der Waals surface area contributed by atoms with Gasteiger partial charge in [0.15, 0.2) is 0 Å². The number of nitrogens with zero attached hydrogens (tertiary/aromatic N) is 2. The number of hydrogen-bond donors (Lipinski definition) is 1. The number of rotatable bonds is 7. The van der Waals surface area contributed by atoms with Crippen LogP contribution in [0.1, 0.15) is 12.5 Å². The standard InChI is InChI=1S/C22H29N3O3/c1-3-18-4-6-19(7-5-18)24-13-15-25(16-14-24)22(26)23-12-17-28-21-10-8-20(27-2)9-11-21/h4-11H,3,12-17H2,1-2H3,(H,23,26). The van der Waals surface area contributed by atoms with E-state index < -0.39 is 0 Å². The SMILES string of the molecule is CCc1ccc(N2CCN(C(=O)NCCOc3ccc(OC)cc3)CC2)cc1. The monoisotopic (exact) mass is 383 g/mol. The highest BCUT2D eigenvalue weighted by Crippen LogP contribution is 2.18. The first kappa shape index (κ1) is 19.9. The van der Waals surface area contributed by atoms with E-state index in [-0.39, 0.29) is 6.03 Å². The molecule has 150 valence electrons. The molecule has 2 aromatic carbocycles. The number of methoxy groups -OCH3 is 1. The van der Waals surface area contributed by atoms with Crippen LogP contribution in [0.4, 0.5) is 10.5 Å². The maximum Gasteiger partial charge on any atom is 0.317 e. The smallest absolute Gasteiger partial charge is 0.317 e. The van der Waals surface area contributed by atoms with Crippen LogP contribution in [0.25, 0.3) is 0 Å². The molecule has 2 aromatic rings. The summed E-state index contributed by atoms with van der Waals surface area (Å²) in [4.78, 5) is 16.5. The van der Waals surface area contributed by atoms with Crippen molar-refractivity contribution in [3.05, 3.63) is 54.1 Å². The summed E-state index contributed by atoms with van der Waals surface area (Å²) in [6.45, 7) is 6.21. The van der Waals surface area contributed by atoms with Gasteiger partial charge < -0.3 is 24.6 Å². The summed E-state index contributed by atoms with van der Waals surface area (Å²) in [6.07, 6.45) is 1.05. The van der Waals surface area contributed by atoms with E-state index in [1.165, 1.54) is 11.3 Å². The van der Waals surface area contributed by atoms with Gasteiger partial charge in [0.25, 0.3) is 0 Å². The average molecular weight is 383 g/mol. The number of benzene rings is 2. The summed E-state index contributed by atoms with van der Waals surface area (Å²) in [5.74, 6) is 1.55. The number of nitrogens with one attached hydrogen (secondary N) is 1. The molecule has 0 saturated carbocycles. The zero-order valence-electron chi connectivity index (χ0n) is 16.7. The Kier molecular flexibility index (Phi) is 7.00. The predicted octanol–water partition coefficient (Wildman–Crippen LogP) is 3.17. The molecule has 0 spiro atoms. The second kappa shape index (κ2) is 9.88. The van der Waals surface area contributed by atoms with Gasteiger partial charge in [-0.1, -0.05) is 19.1 Å². The van der Waals surface area contributed by atoms with Crippen LogP contribution in [0.2, 0.25) is 0 Å². The van der Waals surface area contributed by atoms with E-state index in [4.69, 9.17) is 9.47 Å². The lowest BCUT2D eigenvalue weighted by Gasteiger charge is -2.36. The lowest BCUT2D eigenvalue weighted by molar-refractivity contribution is 0.191. The largest absolute Gasteiger partial charge is 0.497 e. The van der Waals surface area contributed by atoms with Crippen LogP contribution in [-0.2, 0) is 6.42 Å². The Labute approximate surface area is 167 Å². The van der Waals surface area contributed by atoms with Crippen molar-refractivity contribution in [2.45, 2.75) is 13.3 Å². The third-order valence-electron chi connectivity index (χ3n) is 4.98. The Morgan fingerprint density at radius 1 is 0.964 bits per heavy atom. The lowest BCUT2D eigenvalue weighted by atomic mass is 10.1. The van der Waals surface area contributed by atoms with Crippen LogP contribution in [0.15, 0.2) is 48.5 Å². The minimum absolute atomic E-state index is 0.0284. The average Bonchev–Trinajstić information content (AvgIpc) is 2.77. The molecule has 0 aliphatic carbocycles. The number of hydrogen-bond acceptors (Lipinski definition) is 4. The molecule has 1 aliphatic heterocycles. The van der Waals surface area contributed by atoms with Crippen molar-refractivity contribution in [2.24, 2.45) is 0 Å².